The van der Waals surface area contributed by atoms with Crippen molar-refractivity contribution in [3.8, 4) is 0 Å². The van der Waals surface area contributed by atoms with Gasteiger partial charge in [-0.3, -0.25) is 11.3 Å². The number of nitrogens with two attached hydrogens (primary N) is 1. The Labute approximate surface area is 275 Å². The number of aliphatic hydroxyl groups excluding tert-OH is 1. The number of nitrogens with one attached hydrogen (secondary N) is 5. The molecule has 7 unspecified atom stereocenters. The fourth-order valence-corrected chi connectivity index (χ4v) is 9.28. The van der Waals surface area contributed by atoms with Crippen molar-refractivity contribution in [3.63, 3.8) is 0 Å². The molecule has 4 aliphatic carbocycles. The zero-order valence-corrected chi connectivity index (χ0v) is 28.3. The normalized spacial score (nSPS) is 40.3. The van der Waals surface area contributed by atoms with Crippen LogP contribution in [-0.2, 0) is 0 Å². The van der Waals surface area contributed by atoms with Gasteiger partial charge in [0.2, 0.25) is 0 Å². The Hall–Kier alpha value is 1.32. The van der Waals surface area contributed by atoms with Crippen molar-refractivity contribution >= 4 is 0 Å². The first-order chi connectivity index (χ1) is 17.8. The van der Waals surface area contributed by atoms with Crippen LogP contribution in [0.2, 0.25) is 0 Å². The SMILES string of the molecule is CC(C)[N-]CCCC1CCC2C3C(CCC12C)[C@@]1(C)CCC(NNNCCNCCNN)CC1C[C@@H]3O.[K+]. The molecule has 9 heteroatoms. The largest absolute Gasteiger partial charge is 1.00 e. The van der Waals surface area contributed by atoms with E-state index in [1.165, 1.54) is 51.4 Å². The van der Waals surface area contributed by atoms with E-state index in [0.717, 1.165) is 51.5 Å². The summed E-state index contributed by atoms with van der Waals surface area (Å²) in [5, 5.41) is 19.7. The van der Waals surface area contributed by atoms with Crippen LogP contribution in [0.25, 0.3) is 5.32 Å². The Balaban J connectivity index is 0.00000400. The molecule has 9 atom stereocenters. The third-order valence-electron chi connectivity index (χ3n) is 11.3. The van der Waals surface area contributed by atoms with E-state index in [2.05, 4.69) is 54.8 Å². The van der Waals surface area contributed by atoms with Crippen molar-refractivity contribution in [2.24, 2.45) is 46.3 Å². The van der Waals surface area contributed by atoms with Crippen LogP contribution in [-0.4, -0.2) is 56.0 Å². The number of rotatable bonds is 14. The van der Waals surface area contributed by atoms with E-state index in [9.17, 15) is 5.11 Å². The molecule has 0 bridgehead atoms. The van der Waals surface area contributed by atoms with Crippen molar-refractivity contribution < 1.29 is 56.5 Å². The molecule has 38 heavy (non-hydrogen) atoms. The number of nitrogens with zero attached hydrogens (tertiary/aromatic N) is 1. The number of fused-ring (bicyclic) bond motifs is 5. The molecule has 0 aromatic rings. The van der Waals surface area contributed by atoms with Crippen molar-refractivity contribution in [1.82, 2.24) is 27.1 Å². The van der Waals surface area contributed by atoms with Gasteiger partial charge in [0, 0.05) is 32.2 Å². The van der Waals surface area contributed by atoms with Gasteiger partial charge in [0.05, 0.1) is 6.10 Å². The molecule has 0 amide bonds. The Morgan fingerprint density at radius 3 is 2.45 bits per heavy atom. The molecule has 0 aromatic heterocycles. The summed E-state index contributed by atoms with van der Waals surface area (Å²) in [4.78, 5) is 0. The van der Waals surface area contributed by atoms with E-state index in [1.807, 2.05) is 0 Å². The second-order valence-electron chi connectivity index (χ2n) is 13.6. The summed E-state index contributed by atoms with van der Waals surface area (Å²) < 4.78 is 0. The Bertz CT molecular complexity index is 702. The molecule has 0 spiro atoms. The van der Waals surface area contributed by atoms with Gasteiger partial charge >= 0.3 is 51.4 Å². The van der Waals surface area contributed by atoms with Crippen molar-refractivity contribution in [3.05, 3.63) is 5.32 Å². The van der Waals surface area contributed by atoms with E-state index in [0.29, 0.717) is 46.6 Å². The van der Waals surface area contributed by atoms with Crippen LogP contribution in [0.5, 0.6) is 0 Å². The number of aliphatic hydroxyl groups is 1. The molecular weight excluding hydrogens is 501 g/mol. The minimum atomic E-state index is -0.124. The fourth-order valence-electron chi connectivity index (χ4n) is 9.28. The van der Waals surface area contributed by atoms with E-state index in [4.69, 9.17) is 11.2 Å². The summed E-state index contributed by atoms with van der Waals surface area (Å²) >= 11 is 0. The molecule has 4 fully saturated rings. The van der Waals surface area contributed by atoms with Crippen molar-refractivity contribution in [2.75, 3.05) is 32.7 Å². The first-order valence-electron chi connectivity index (χ1n) is 15.5. The second-order valence-corrected chi connectivity index (χ2v) is 13.6. The number of hydrazine groups is 3. The maximum absolute atomic E-state index is 11.6. The van der Waals surface area contributed by atoms with Gasteiger partial charge in [-0.2, -0.15) is 5.53 Å². The van der Waals surface area contributed by atoms with Gasteiger partial charge in [0.15, 0.2) is 0 Å². The van der Waals surface area contributed by atoms with Gasteiger partial charge in [-0.25, -0.2) is 10.9 Å². The average Bonchev–Trinajstić information content (AvgIpc) is 3.20. The fraction of sp³-hybridized carbons (Fsp3) is 1.00. The quantitative estimate of drug-likeness (QED) is 0.0703. The third-order valence-corrected chi connectivity index (χ3v) is 11.3. The monoisotopic (exact) mass is 559 g/mol. The Morgan fingerprint density at radius 1 is 0.947 bits per heavy atom. The molecule has 4 saturated carbocycles. The Morgan fingerprint density at radius 2 is 1.68 bits per heavy atom. The minimum absolute atomic E-state index is 0. The maximum atomic E-state index is 11.6. The Kier molecular flexibility index (Phi) is 14.0. The zero-order chi connectivity index (χ0) is 26.5. The van der Waals surface area contributed by atoms with Gasteiger partial charge < -0.3 is 15.7 Å². The molecule has 4 aliphatic rings. The average molecular weight is 560 g/mol. The number of hydrogen-bond donors (Lipinski definition) is 7. The third kappa shape index (κ3) is 7.82. The van der Waals surface area contributed by atoms with Crippen LogP contribution in [0.4, 0.5) is 0 Å². The van der Waals surface area contributed by atoms with Crippen LogP contribution in [0.3, 0.4) is 0 Å². The van der Waals surface area contributed by atoms with Gasteiger partial charge in [-0.1, -0.05) is 40.5 Å². The summed E-state index contributed by atoms with van der Waals surface area (Å²) in [6.07, 6.45) is 12.5. The molecule has 0 saturated heterocycles. The minimum Gasteiger partial charge on any atom is -0.660 e. The van der Waals surface area contributed by atoms with Crippen LogP contribution >= 0.6 is 0 Å². The van der Waals surface area contributed by atoms with Crippen molar-refractivity contribution in [1.29, 1.82) is 0 Å². The van der Waals surface area contributed by atoms with E-state index in [-0.39, 0.29) is 57.5 Å². The van der Waals surface area contributed by atoms with Gasteiger partial charge in [0.1, 0.15) is 0 Å². The summed E-state index contributed by atoms with van der Waals surface area (Å²) in [6, 6.07) is 0.919. The second kappa shape index (κ2) is 15.7. The van der Waals surface area contributed by atoms with Crippen LogP contribution < -0.4 is 84.4 Å². The first-order valence-corrected chi connectivity index (χ1v) is 15.5. The zero-order valence-electron chi connectivity index (χ0n) is 25.2. The van der Waals surface area contributed by atoms with Gasteiger partial charge in [0.25, 0.3) is 0 Å². The van der Waals surface area contributed by atoms with E-state index >= 15 is 0 Å². The molecular formula is C29H58KN7O. The van der Waals surface area contributed by atoms with E-state index in [1.54, 1.807) is 0 Å². The van der Waals surface area contributed by atoms with Crippen LogP contribution in [0.15, 0.2) is 0 Å². The van der Waals surface area contributed by atoms with Gasteiger partial charge in [-0.15, -0.1) is 12.6 Å². The summed E-state index contributed by atoms with van der Waals surface area (Å²) in [6.45, 7) is 14.0. The summed E-state index contributed by atoms with van der Waals surface area (Å²) in [5.74, 6) is 8.64. The molecule has 0 radical (unpaired) electrons. The predicted octanol–water partition coefficient (Wildman–Crippen LogP) is 0.203. The van der Waals surface area contributed by atoms with Crippen LogP contribution in [0, 0.1) is 40.4 Å². The maximum Gasteiger partial charge on any atom is 1.00 e. The molecule has 0 aliphatic heterocycles. The summed E-state index contributed by atoms with van der Waals surface area (Å²) in [5.41, 5.74) is 13.5. The van der Waals surface area contributed by atoms with Crippen molar-refractivity contribution in [2.45, 2.75) is 110 Å². The molecule has 8 N–H and O–H groups in total. The first kappa shape index (κ1) is 33.8. The standard InChI is InChI=1S/C29H58N7O.K/c1-20(2)32-13-5-6-21-7-8-24-27-25(10-12-28(21,24)3)29(4)11-9-23(18-22(29)19-26(27)37)35-36-34-17-15-31-14-16-33-30;/h20-27,31,33-37H,5-19,30H2,1-4H3;/q-1;+1/t21?,22?,23?,24?,25?,26-,27?,28?,29-;/m0./s1. The molecule has 0 heterocycles. The molecule has 216 valence electrons. The topological polar surface area (TPSA) is 120 Å². The van der Waals surface area contributed by atoms with E-state index < -0.39 is 0 Å². The predicted molar refractivity (Wildman–Crippen MR) is 152 cm³/mol. The summed E-state index contributed by atoms with van der Waals surface area (Å²) in [7, 11) is 0. The van der Waals surface area contributed by atoms with Crippen LogP contribution in [0.1, 0.15) is 91.9 Å². The van der Waals surface area contributed by atoms with Gasteiger partial charge in [-0.05, 0) is 91.8 Å². The molecule has 0 aromatic carbocycles. The molecule has 8 nitrogen and oxygen atoms in total. The smallest absolute Gasteiger partial charge is 0.660 e. The number of hydrogen-bond acceptors (Lipinski definition) is 7. The molecule has 4 rings (SSSR count).